The Morgan fingerprint density at radius 3 is 2.45 bits per heavy atom. The van der Waals surface area contributed by atoms with Crippen LogP contribution in [-0.4, -0.2) is 34.0 Å². The third-order valence-electron chi connectivity index (χ3n) is 6.69. The van der Waals surface area contributed by atoms with Crippen LogP contribution in [0.15, 0.2) is 104 Å². The molecule has 3 heterocycles. The van der Waals surface area contributed by atoms with Crippen LogP contribution in [0.2, 0.25) is 0 Å². The largest absolute Gasteiger partial charge is 0.301 e. The quantitative estimate of drug-likeness (QED) is 0.248. The lowest BCUT2D eigenvalue weighted by Gasteiger charge is -2.08. The molecule has 40 heavy (non-hydrogen) atoms. The predicted octanol–water partition coefficient (Wildman–Crippen LogP) is 6.42. The Morgan fingerprint density at radius 1 is 0.875 bits per heavy atom. The lowest BCUT2D eigenvalue weighted by molar-refractivity contribution is 0.585. The molecule has 0 aliphatic carbocycles. The molecule has 0 aliphatic rings. The summed E-state index contributed by atoms with van der Waals surface area (Å²) >= 11 is 0. The van der Waals surface area contributed by atoms with Crippen LogP contribution in [0.4, 0.5) is 10.1 Å². The van der Waals surface area contributed by atoms with Crippen LogP contribution in [0, 0.1) is 12.7 Å². The van der Waals surface area contributed by atoms with E-state index in [-0.39, 0.29) is 5.82 Å². The Morgan fingerprint density at radius 2 is 1.68 bits per heavy atom. The van der Waals surface area contributed by atoms with Gasteiger partial charge in [0.15, 0.2) is 0 Å². The topological polar surface area (TPSA) is 81.8 Å². The normalized spacial score (nSPS) is 11.7. The highest BCUT2D eigenvalue weighted by molar-refractivity contribution is 7.92. The zero-order chi connectivity index (χ0) is 27.9. The second kappa shape index (κ2) is 10.1. The van der Waals surface area contributed by atoms with Crippen molar-refractivity contribution in [1.82, 2.24) is 19.3 Å². The van der Waals surface area contributed by atoms with E-state index in [1.54, 1.807) is 47.4 Å². The van der Waals surface area contributed by atoms with Crippen molar-refractivity contribution in [2.75, 3.05) is 11.0 Å². The molecule has 0 spiro atoms. The molecule has 0 saturated heterocycles. The van der Waals surface area contributed by atoms with Gasteiger partial charge in [-0.1, -0.05) is 48.0 Å². The van der Waals surface area contributed by atoms with E-state index < -0.39 is 10.0 Å². The summed E-state index contributed by atoms with van der Waals surface area (Å²) in [6.07, 6.45) is 8.64. The van der Waals surface area contributed by atoms with Gasteiger partial charge in [-0.25, -0.2) is 17.8 Å². The summed E-state index contributed by atoms with van der Waals surface area (Å²) in [5.41, 5.74) is 7.41. The van der Waals surface area contributed by atoms with Gasteiger partial charge in [-0.15, -0.1) is 0 Å². The van der Waals surface area contributed by atoms with E-state index in [0.717, 1.165) is 50.8 Å². The predicted molar refractivity (Wildman–Crippen MR) is 156 cm³/mol. The number of pyridine rings is 1. The number of benzene rings is 3. The molecular weight excluding hydrogens is 525 g/mol. The third-order valence-corrected chi connectivity index (χ3v) is 7.30. The Balaban J connectivity index is 1.46. The summed E-state index contributed by atoms with van der Waals surface area (Å²) in [7, 11) is -3.41. The van der Waals surface area contributed by atoms with Gasteiger partial charge in [-0.3, -0.25) is 9.40 Å². The molecule has 0 radical (unpaired) electrons. The molecule has 1 N–H and O–H groups in total. The van der Waals surface area contributed by atoms with Crippen molar-refractivity contribution >= 4 is 26.7 Å². The lowest BCUT2D eigenvalue weighted by Crippen LogP contribution is -2.09. The van der Waals surface area contributed by atoms with Crippen molar-refractivity contribution in [1.29, 1.82) is 0 Å². The minimum absolute atomic E-state index is 0.267. The van der Waals surface area contributed by atoms with Gasteiger partial charge >= 0.3 is 0 Å². The van der Waals surface area contributed by atoms with Gasteiger partial charge in [0, 0.05) is 57.6 Å². The number of nitrogens with zero attached hydrogens (tertiary/aromatic N) is 4. The standard InChI is InChI=1S/C31H26FN5O2S/c1-21-10-12-27(13-11-21)37-20-29(25-17-34-36(19-25)18-23-6-3-4-9-30(23)32)28-15-24(16-33-31(28)37)22-7-5-8-26(14-22)35-40(2,38)39/h3-17,19-20,35H,18H2,1-2H3. The summed E-state index contributed by atoms with van der Waals surface area (Å²) in [4.78, 5) is 4.84. The molecule has 3 aromatic carbocycles. The van der Waals surface area contributed by atoms with Crippen LogP contribution in [0.1, 0.15) is 11.1 Å². The molecule has 0 aliphatic heterocycles. The second-order valence-electron chi connectivity index (χ2n) is 9.82. The SMILES string of the molecule is Cc1ccc(-n2cc(-c3cnn(Cc4ccccc4F)c3)c3cc(-c4cccc(NS(C)(=O)=O)c4)cnc32)cc1. The fourth-order valence-corrected chi connectivity index (χ4v) is 5.32. The van der Waals surface area contributed by atoms with Gasteiger partial charge < -0.3 is 4.57 Å². The number of nitrogens with one attached hydrogen (secondary N) is 1. The van der Waals surface area contributed by atoms with Gasteiger partial charge in [0.2, 0.25) is 10.0 Å². The van der Waals surface area contributed by atoms with Crippen LogP contribution >= 0.6 is 0 Å². The molecule has 3 aromatic heterocycles. The summed E-state index contributed by atoms with van der Waals surface area (Å²) in [6, 6.07) is 24.2. The molecule has 0 atom stereocenters. The number of aromatic nitrogens is 4. The maximum absolute atomic E-state index is 14.3. The van der Waals surface area contributed by atoms with Gasteiger partial charge in [0.1, 0.15) is 11.5 Å². The molecule has 7 nitrogen and oxygen atoms in total. The molecule has 6 aromatic rings. The molecule has 9 heteroatoms. The molecule has 0 unspecified atom stereocenters. The average molecular weight is 552 g/mol. The van der Waals surface area contributed by atoms with Crippen molar-refractivity contribution in [3.8, 4) is 27.9 Å². The summed E-state index contributed by atoms with van der Waals surface area (Å²) in [6.45, 7) is 2.36. The first kappa shape index (κ1) is 25.5. The molecule has 0 saturated carbocycles. The number of sulfonamides is 1. The Labute approximate surface area is 231 Å². The van der Waals surface area contributed by atoms with E-state index in [4.69, 9.17) is 4.98 Å². The number of aryl methyl sites for hydroxylation is 1. The molecule has 0 amide bonds. The zero-order valence-corrected chi connectivity index (χ0v) is 22.7. The first-order valence-corrected chi connectivity index (χ1v) is 14.6. The van der Waals surface area contributed by atoms with E-state index in [0.29, 0.717) is 17.8 Å². The summed E-state index contributed by atoms with van der Waals surface area (Å²) in [5.74, 6) is -0.267. The van der Waals surface area contributed by atoms with E-state index >= 15 is 0 Å². The molecule has 0 bridgehead atoms. The highest BCUT2D eigenvalue weighted by atomic mass is 32.2. The van der Waals surface area contributed by atoms with Crippen LogP contribution in [0.5, 0.6) is 0 Å². The number of rotatable bonds is 7. The highest BCUT2D eigenvalue weighted by Crippen LogP contribution is 2.35. The van der Waals surface area contributed by atoms with E-state index in [1.807, 2.05) is 36.0 Å². The maximum atomic E-state index is 14.3. The van der Waals surface area contributed by atoms with Crippen molar-refractivity contribution in [3.05, 3.63) is 121 Å². The molecule has 0 fully saturated rings. The summed E-state index contributed by atoms with van der Waals surface area (Å²) < 4.78 is 44.1. The average Bonchev–Trinajstić information content (AvgIpc) is 3.54. The van der Waals surface area contributed by atoms with Gasteiger partial charge in [0.05, 0.1) is 19.0 Å². The fourth-order valence-electron chi connectivity index (χ4n) is 4.76. The van der Waals surface area contributed by atoms with E-state index in [1.165, 1.54) is 6.07 Å². The van der Waals surface area contributed by atoms with Crippen molar-refractivity contribution in [3.63, 3.8) is 0 Å². The van der Waals surface area contributed by atoms with Gasteiger partial charge in [0.25, 0.3) is 0 Å². The monoisotopic (exact) mass is 551 g/mol. The number of hydrogen-bond donors (Lipinski definition) is 1. The Kier molecular flexibility index (Phi) is 6.43. The van der Waals surface area contributed by atoms with Crippen LogP contribution in [0.25, 0.3) is 39.0 Å². The molecule has 6 rings (SSSR count). The lowest BCUT2D eigenvalue weighted by atomic mass is 10.0. The minimum atomic E-state index is -3.41. The van der Waals surface area contributed by atoms with Crippen molar-refractivity contribution in [2.45, 2.75) is 13.5 Å². The smallest absolute Gasteiger partial charge is 0.229 e. The maximum Gasteiger partial charge on any atom is 0.229 e. The van der Waals surface area contributed by atoms with Crippen LogP contribution < -0.4 is 4.72 Å². The second-order valence-corrected chi connectivity index (χ2v) is 11.6. The van der Waals surface area contributed by atoms with E-state index in [2.05, 4.69) is 40.2 Å². The summed E-state index contributed by atoms with van der Waals surface area (Å²) in [5, 5.41) is 5.42. The van der Waals surface area contributed by atoms with Crippen molar-refractivity contribution in [2.24, 2.45) is 0 Å². The van der Waals surface area contributed by atoms with Crippen molar-refractivity contribution < 1.29 is 12.8 Å². The Bertz CT molecular complexity index is 1960. The van der Waals surface area contributed by atoms with Gasteiger partial charge in [-0.05, 0) is 48.9 Å². The fraction of sp³-hybridized carbons (Fsp3) is 0.0968. The first-order valence-electron chi connectivity index (χ1n) is 12.7. The van der Waals surface area contributed by atoms with Crippen LogP contribution in [-0.2, 0) is 16.6 Å². The number of anilines is 1. The number of halogens is 1. The number of hydrogen-bond acceptors (Lipinski definition) is 4. The highest BCUT2D eigenvalue weighted by Gasteiger charge is 2.16. The third kappa shape index (κ3) is 5.23. The minimum Gasteiger partial charge on any atom is -0.301 e. The molecular formula is C31H26FN5O2S. The number of fused-ring (bicyclic) bond motifs is 1. The molecule has 200 valence electrons. The first-order chi connectivity index (χ1) is 19.2. The van der Waals surface area contributed by atoms with E-state index in [9.17, 15) is 12.8 Å². The van der Waals surface area contributed by atoms with Gasteiger partial charge in [-0.2, -0.15) is 5.10 Å². The van der Waals surface area contributed by atoms with Crippen LogP contribution in [0.3, 0.4) is 0 Å². The zero-order valence-electron chi connectivity index (χ0n) is 21.9. The Hall–Kier alpha value is -4.76.